The smallest absolute Gasteiger partial charge is 0.217 e. The molecule has 0 spiro atoms. The average molecular weight is 721 g/mol. The van der Waals surface area contributed by atoms with Gasteiger partial charge in [-0.3, -0.25) is 9.59 Å². The standard InChI is InChI=1S/C30H29I2NO4/c31-23-17-21(18-24(32)30(23)36)29(35)28-22-15-14-20(11-7-10-19-8-3-1-4-9-19)16-26(22)37-25(28)12-5-2-6-13-27(33)34/h1,3-4,8-9,14-18,36H,2,5-7,10-13H2,(H2,33,34). The number of phenols is 1. The van der Waals surface area contributed by atoms with Crippen LogP contribution < -0.4 is 5.73 Å². The number of halogens is 2. The molecule has 0 atom stereocenters. The van der Waals surface area contributed by atoms with Crippen molar-refractivity contribution in [2.24, 2.45) is 5.73 Å². The number of rotatable bonds is 12. The molecule has 1 heterocycles. The maximum Gasteiger partial charge on any atom is 0.217 e. The van der Waals surface area contributed by atoms with E-state index in [1.54, 1.807) is 12.1 Å². The molecule has 1 aromatic heterocycles. The van der Waals surface area contributed by atoms with Crippen molar-refractivity contribution in [2.45, 2.75) is 51.4 Å². The number of primary amides is 1. The minimum absolute atomic E-state index is 0.112. The van der Waals surface area contributed by atoms with Crippen LogP contribution in [0.1, 0.15) is 64.9 Å². The summed E-state index contributed by atoms with van der Waals surface area (Å²) in [4.78, 5) is 24.8. The number of aromatic hydroxyl groups is 1. The van der Waals surface area contributed by atoms with E-state index in [1.807, 2.05) is 57.3 Å². The molecular weight excluding hydrogens is 692 g/mol. The van der Waals surface area contributed by atoms with Gasteiger partial charge in [0.2, 0.25) is 5.91 Å². The summed E-state index contributed by atoms with van der Waals surface area (Å²) < 4.78 is 7.56. The molecule has 0 saturated heterocycles. The van der Waals surface area contributed by atoms with Crippen molar-refractivity contribution < 1.29 is 19.1 Å². The molecule has 3 N–H and O–H groups in total. The number of hydrogen-bond acceptors (Lipinski definition) is 4. The molecule has 3 aromatic carbocycles. The summed E-state index contributed by atoms with van der Waals surface area (Å²) >= 11 is 4.09. The number of amides is 1. The van der Waals surface area contributed by atoms with Gasteiger partial charge in [0, 0.05) is 23.8 Å². The van der Waals surface area contributed by atoms with E-state index in [9.17, 15) is 14.7 Å². The third-order valence-electron chi connectivity index (χ3n) is 6.43. The number of carbonyl (C=O) groups excluding carboxylic acids is 2. The highest BCUT2D eigenvalue weighted by Crippen LogP contribution is 2.33. The number of hydrogen-bond donors (Lipinski definition) is 2. The molecule has 0 aliphatic heterocycles. The van der Waals surface area contributed by atoms with E-state index in [0.717, 1.165) is 49.5 Å². The minimum Gasteiger partial charge on any atom is -0.506 e. The van der Waals surface area contributed by atoms with Crippen molar-refractivity contribution >= 4 is 67.8 Å². The van der Waals surface area contributed by atoms with Crippen molar-refractivity contribution in [3.05, 3.63) is 95.8 Å². The molecule has 0 aliphatic rings. The van der Waals surface area contributed by atoms with Crippen LogP contribution in [0.15, 0.2) is 65.1 Å². The lowest BCUT2D eigenvalue weighted by molar-refractivity contribution is -0.118. The van der Waals surface area contributed by atoms with Gasteiger partial charge >= 0.3 is 0 Å². The number of ketones is 1. The topological polar surface area (TPSA) is 93.5 Å². The van der Waals surface area contributed by atoms with Gasteiger partial charge in [-0.2, -0.15) is 0 Å². The van der Waals surface area contributed by atoms with Crippen molar-refractivity contribution in [1.29, 1.82) is 0 Å². The van der Waals surface area contributed by atoms with Crippen LogP contribution in [0, 0.1) is 7.14 Å². The number of benzene rings is 3. The molecule has 0 aliphatic carbocycles. The van der Waals surface area contributed by atoms with Crippen LogP contribution in [-0.2, 0) is 24.1 Å². The fourth-order valence-electron chi connectivity index (χ4n) is 4.52. The predicted octanol–water partition coefficient (Wildman–Crippen LogP) is 7.34. The molecule has 37 heavy (non-hydrogen) atoms. The maximum absolute atomic E-state index is 13.7. The Hall–Kier alpha value is -2.40. The lowest BCUT2D eigenvalue weighted by Gasteiger charge is -2.07. The van der Waals surface area contributed by atoms with Crippen LogP contribution in [0.5, 0.6) is 5.75 Å². The number of phenolic OH excluding ortho intramolecular Hbond substituents is 1. The van der Waals surface area contributed by atoms with Crippen LogP contribution in [0.25, 0.3) is 11.0 Å². The SMILES string of the molecule is NC(=O)CCCCCc1oc2cc(CCCc3ccccc3)ccc2c1C(=O)c1cc(I)c(O)c(I)c1. The summed E-state index contributed by atoms with van der Waals surface area (Å²) in [5, 5.41) is 11.0. The monoisotopic (exact) mass is 721 g/mol. The van der Waals surface area contributed by atoms with Gasteiger partial charge in [-0.1, -0.05) is 48.9 Å². The Kier molecular flexibility index (Phi) is 9.64. The van der Waals surface area contributed by atoms with Crippen molar-refractivity contribution in [1.82, 2.24) is 0 Å². The molecule has 7 heteroatoms. The first kappa shape index (κ1) is 27.6. The van der Waals surface area contributed by atoms with E-state index in [2.05, 4.69) is 36.4 Å². The van der Waals surface area contributed by atoms with E-state index in [1.165, 1.54) is 11.1 Å². The van der Waals surface area contributed by atoms with Gasteiger partial charge in [-0.15, -0.1) is 0 Å². The zero-order chi connectivity index (χ0) is 26.4. The third kappa shape index (κ3) is 7.13. The van der Waals surface area contributed by atoms with Crippen LogP contribution >= 0.6 is 45.2 Å². The Bertz CT molecular complexity index is 1390. The molecule has 4 rings (SSSR count). The predicted molar refractivity (Wildman–Crippen MR) is 163 cm³/mol. The first-order chi connectivity index (χ1) is 17.8. The van der Waals surface area contributed by atoms with Crippen molar-refractivity contribution in [3.8, 4) is 5.75 Å². The normalized spacial score (nSPS) is 11.2. The number of furan rings is 1. The van der Waals surface area contributed by atoms with Gasteiger partial charge in [-0.25, -0.2) is 0 Å². The van der Waals surface area contributed by atoms with E-state index >= 15 is 0 Å². The Morgan fingerprint density at radius 1 is 0.811 bits per heavy atom. The highest BCUT2D eigenvalue weighted by atomic mass is 127. The third-order valence-corrected chi connectivity index (χ3v) is 8.08. The fraction of sp³-hybridized carbons (Fsp3) is 0.267. The quantitative estimate of drug-likeness (QED) is 0.0910. The fourth-order valence-corrected chi connectivity index (χ4v) is 6.28. The molecule has 0 bridgehead atoms. The Balaban J connectivity index is 1.60. The highest BCUT2D eigenvalue weighted by Gasteiger charge is 2.23. The maximum atomic E-state index is 13.7. The van der Waals surface area contributed by atoms with Gasteiger partial charge in [0.25, 0.3) is 0 Å². The van der Waals surface area contributed by atoms with E-state index in [4.69, 9.17) is 10.2 Å². The van der Waals surface area contributed by atoms with Crippen LogP contribution in [0.3, 0.4) is 0 Å². The number of fused-ring (bicyclic) bond motifs is 1. The number of aryl methyl sites for hydroxylation is 3. The first-order valence-electron chi connectivity index (χ1n) is 12.4. The summed E-state index contributed by atoms with van der Waals surface area (Å²) in [5.74, 6) is 0.442. The van der Waals surface area contributed by atoms with Gasteiger partial charge < -0.3 is 15.3 Å². The summed E-state index contributed by atoms with van der Waals surface area (Å²) in [6.45, 7) is 0. The van der Waals surface area contributed by atoms with Crippen molar-refractivity contribution in [3.63, 3.8) is 0 Å². The molecule has 1 amide bonds. The van der Waals surface area contributed by atoms with Crippen LogP contribution in [0.4, 0.5) is 0 Å². The molecule has 0 radical (unpaired) electrons. The Labute approximate surface area is 244 Å². The van der Waals surface area contributed by atoms with Crippen molar-refractivity contribution in [2.75, 3.05) is 0 Å². The van der Waals surface area contributed by atoms with Gasteiger partial charge in [-0.05, 0) is 107 Å². The second-order valence-corrected chi connectivity index (χ2v) is 11.5. The summed E-state index contributed by atoms with van der Waals surface area (Å²) in [7, 11) is 0. The molecule has 0 saturated carbocycles. The largest absolute Gasteiger partial charge is 0.506 e. The molecule has 192 valence electrons. The highest BCUT2D eigenvalue weighted by molar-refractivity contribution is 14.1. The molecule has 0 fully saturated rings. The van der Waals surface area contributed by atoms with Gasteiger partial charge in [0.05, 0.1) is 12.7 Å². The van der Waals surface area contributed by atoms with Crippen LogP contribution in [-0.4, -0.2) is 16.8 Å². The second kappa shape index (κ2) is 12.9. The molecule has 0 unspecified atom stereocenters. The molecule has 5 nitrogen and oxygen atoms in total. The number of carbonyl (C=O) groups is 2. The minimum atomic E-state index is -0.295. The zero-order valence-electron chi connectivity index (χ0n) is 20.4. The lowest BCUT2D eigenvalue weighted by Crippen LogP contribution is -2.09. The average Bonchev–Trinajstić information content (AvgIpc) is 3.24. The van der Waals surface area contributed by atoms with Crippen LogP contribution in [0.2, 0.25) is 0 Å². The molecular formula is C30H29I2NO4. The Morgan fingerprint density at radius 3 is 2.22 bits per heavy atom. The number of unbranched alkanes of at least 4 members (excludes halogenated alkanes) is 2. The van der Waals surface area contributed by atoms with Gasteiger partial charge in [0.15, 0.2) is 5.78 Å². The van der Waals surface area contributed by atoms with E-state index < -0.39 is 0 Å². The summed E-state index contributed by atoms with van der Waals surface area (Å²) in [6.07, 6.45) is 6.26. The Morgan fingerprint density at radius 2 is 1.51 bits per heavy atom. The molecule has 4 aromatic rings. The second-order valence-electron chi connectivity index (χ2n) is 9.21. The first-order valence-corrected chi connectivity index (χ1v) is 14.6. The zero-order valence-corrected chi connectivity index (χ0v) is 24.8. The van der Waals surface area contributed by atoms with E-state index in [0.29, 0.717) is 36.9 Å². The van der Waals surface area contributed by atoms with Gasteiger partial charge in [0.1, 0.15) is 17.1 Å². The lowest BCUT2D eigenvalue weighted by atomic mass is 9.96. The summed E-state index contributed by atoms with van der Waals surface area (Å²) in [6, 6.07) is 20.0. The number of nitrogens with two attached hydrogens (primary N) is 1. The summed E-state index contributed by atoms with van der Waals surface area (Å²) in [5.41, 5.74) is 9.59. The van der Waals surface area contributed by atoms with E-state index in [-0.39, 0.29) is 17.4 Å².